The molecule has 8 nitrogen and oxygen atoms in total. The molecular weight excluding hydrogens is 519 g/mol. The molecule has 0 saturated heterocycles. The molecule has 2 aromatic carbocycles. The number of benzene rings is 2. The van der Waals surface area contributed by atoms with Crippen LogP contribution in [0.4, 0.5) is 4.39 Å². The van der Waals surface area contributed by atoms with Gasteiger partial charge in [0.05, 0.1) is 26.9 Å². The van der Waals surface area contributed by atoms with Crippen LogP contribution >= 0.6 is 15.9 Å². The van der Waals surface area contributed by atoms with Crippen LogP contribution in [0, 0.1) is 5.82 Å². The first-order chi connectivity index (χ1) is 15.3. The van der Waals surface area contributed by atoms with E-state index in [4.69, 9.17) is 4.74 Å². The van der Waals surface area contributed by atoms with E-state index in [1.807, 2.05) is 0 Å². The third kappa shape index (κ3) is 5.67. The molecule has 0 spiro atoms. The molecule has 1 heterocycles. The van der Waals surface area contributed by atoms with E-state index in [0.717, 1.165) is 10.9 Å². The lowest BCUT2D eigenvalue weighted by molar-refractivity contribution is -0.0663. The molecule has 0 aliphatic heterocycles. The molecule has 1 aromatic heterocycles. The van der Waals surface area contributed by atoms with Gasteiger partial charge in [0.25, 0.3) is 0 Å². The zero-order valence-corrected chi connectivity index (χ0v) is 20.4. The Morgan fingerprint density at radius 3 is 2.39 bits per heavy atom. The molecule has 33 heavy (non-hydrogen) atoms. The van der Waals surface area contributed by atoms with E-state index in [1.165, 1.54) is 62.5 Å². The van der Waals surface area contributed by atoms with Crippen LogP contribution in [0.25, 0.3) is 16.8 Å². The normalized spacial score (nSPS) is 13.1. The van der Waals surface area contributed by atoms with Crippen molar-refractivity contribution in [1.82, 2.24) is 9.78 Å². The second kappa shape index (κ2) is 9.34. The van der Waals surface area contributed by atoms with E-state index in [0.29, 0.717) is 5.56 Å². The highest BCUT2D eigenvalue weighted by molar-refractivity contribution is 9.10. The maximum Gasteiger partial charge on any atom is 0.314 e. The average molecular weight is 541 g/mol. The van der Waals surface area contributed by atoms with Crippen molar-refractivity contribution in [3.05, 3.63) is 69.3 Å². The number of ether oxygens (including phenoxy) is 1. The van der Waals surface area contributed by atoms with E-state index < -0.39 is 39.5 Å². The van der Waals surface area contributed by atoms with Crippen molar-refractivity contribution in [1.29, 1.82) is 0 Å². The van der Waals surface area contributed by atoms with Crippen molar-refractivity contribution in [3.8, 4) is 22.6 Å². The quantitative estimate of drug-likeness (QED) is 0.472. The number of nitrogens with zero attached hydrogens (tertiary/aromatic N) is 2. The summed E-state index contributed by atoms with van der Waals surface area (Å²) in [6.45, 7) is 2.39. The molecular formula is C22H22BrFN2O6S. The second-order valence-corrected chi connectivity index (χ2v) is 10.8. The van der Waals surface area contributed by atoms with Crippen molar-refractivity contribution >= 4 is 25.8 Å². The first-order valence-electron chi connectivity index (χ1n) is 9.70. The summed E-state index contributed by atoms with van der Waals surface area (Å²) >= 11 is 3.07. The molecule has 2 N–H and O–H groups in total. The summed E-state index contributed by atoms with van der Waals surface area (Å²) in [6, 6.07) is 9.70. The highest BCUT2D eigenvalue weighted by Gasteiger charge is 2.26. The predicted octanol–water partition coefficient (Wildman–Crippen LogP) is 2.72. The van der Waals surface area contributed by atoms with Crippen LogP contribution in [0.3, 0.4) is 0 Å². The predicted molar refractivity (Wildman–Crippen MR) is 124 cm³/mol. The van der Waals surface area contributed by atoms with Crippen LogP contribution in [0.15, 0.2) is 62.8 Å². The standard InChI is InChI=1S/C22H22BrFN2O6S/c1-22(2,29)19(27)12-32-20-16(13-4-7-15(8-5-13)33(3,30)31)11-25-26(21(20)28)14-6-9-18(24)17(23)10-14/h4-11,19,27,29H,12H2,1-3H3/t19-/m1/s1. The first-order valence-corrected chi connectivity index (χ1v) is 12.4. The van der Waals surface area contributed by atoms with Crippen LogP contribution < -0.4 is 10.3 Å². The van der Waals surface area contributed by atoms with Crippen molar-refractivity contribution < 1.29 is 27.8 Å². The zero-order valence-electron chi connectivity index (χ0n) is 18.0. The van der Waals surface area contributed by atoms with Gasteiger partial charge in [0.15, 0.2) is 15.6 Å². The number of rotatable bonds is 7. The number of aliphatic hydroxyl groups excluding tert-OH is 1. The van der Waals surface area contributed by atoms with Crippen molar-refractivity contribution in [2.24, 2.45) is 0 Å². The van der Waals surface area contributed by atoms with E-state index >= 15 is 0 Å². The molecule has 0 aliphatic carbocycles. The topological polar surface area (TPSA) is 119 Å². The van der Waals surface area contributed by atoms with Gasteiger partial charge in [0.2, 0.25) is 0 Å². The fourth-order valence-corrected chi connectivity index (χ4v) is 3.83. The zero-order chi connectivity index (χ0) is 24.6. The van der Waals surface area contributed by atoms with Crippen LogP contribution in [-0.4, -0.2) is 53.0 Å². The summed E-state index contributed by atoms with van der Waals surface area (Å²) in [5, 5.41) is 24.3. The molecule has 0 amide bonds. The Morgan fingerprint density at radius 2 is 1.85 bits per heavy atom. The molecule has 11 heteroatoms. The molecule has 0 saturated carbocycles. The highest BCUT2D eigenvalue weighted by Crippen LogP contribution is 2.29. The smallest absolute Gasteiger partial charge is 0.314 e. The molecule has 0 radical (unpaired) electrons. The monoisotopic (exact) mass is 540 g/mol. The Hall–Kier alpha value is -2.60. The molecule has 3 aromatic rings. The van der Waals surface area contributed by atoms with Crippen molar-refractivity contribution in [3.63, 3.8) is 0 Å². The number of aromatic nitrogens is 2. The molecule has 1 atom stereocenters. The molecule has 0 bridgehead atoms. The SMILES string of the molecule is CC(C)(O)[C@H](O)COc1c(-c2ccc(S(C)(=O)=O)cc2)cnn(-c2ccc(F)c(Br)c2)c1=O. The Bertz CT molecular complexity index is 1330. The Morgan fingerprint density at radius 1 is 1.21 bits per heavy atom. The molecule has 0 aliphatic rings. The number of hydrogen-bond acceptors (Lipinski definition) is 7. The Labute approximate surface area is 198 Å². The summed E-state index contributed by atoms with van der Waals surface area (Å²) in [5.74, 6) is -0.694. The van der Waals surface area contributed by atoms with E-state index in [2.05, 4.69) is 21.0 Å². The number of aliphatic hydroxyl groups is 2. The summed E-state index contributed by atoms with van der Waals surface area (Å²) in [7, 11) is -3.42. The number of sulfone groups is 1. The van der Waals surface area contributed by atoms with Gasteiger partial charge in [-0.2, -0.15) is 9.78 Å². The Balaban J connectivity index is 2.13. The number of halogens is 2. The van der Waals surface area contributed by atoms with Gasteiger partial charge >= 0.3 is 5.56 Å². The van der Waals surface area contributed by atoms with Gasteiger partial charge in [0, 0.05) is 11.8 Å². The lowest BCUT2D eigenvalue weighted by Gasteiger charge is -2.24. The average Bonchev–Trinajstić information content (AvgIpc) is 2.73. The minimum atomic E-state index is -3.42. The van der Waals surface area contributed by atoms with Crippen LogP contribution in [-0.2, 0) is 9.84 Å². The van der Waals surface area contributed by atoms with Gasteiger partial charge < -0.3 is 14.9 Å². The van der Waals surface area contributed by atoms with E-state index in [9.17, 15) is 27.8 Å². The first kappa shape index (κ1) is 25.0. The van der Waals surface area contributed by atoms with Crippen LogP contribution in [0.1, 0.15) is 13.8 Å². The molecule has 0 unspecified atom stereocenters. The van der Waals surface area contributed by atoms with Gasteiger partial charge in [-0.1, -0.05) is 12.1 Å². The molecule has 3 rings (SSSR count). The van der Waals surface area contributed by atoms with Gasteiger partial charge in [-0.25, -0.2) is 12.8 Å². The van der Waals surface area contributed by atoms with Gasteiger partial charge in [0.1, 0.15) is 18.5 Å². The fourth-order valence-electron chi connectivity index (χ4n) is 2.83. The minimum Gasteiger partial charge on any atom is -0.484 e. The van der Waals surface area contributed by atoms with Gasteiger partial charge in [-0.3, -0.25) is 4.79 Å². The summed E-state index contributed by atoms with van der Waals surface area (Å²) in [5.41, 5.74) is -1.21. The lowest BCUT2D eigenvalue weighted by atomic mass is 10.0. The summed E-state index contributed by atoms with van der Waals surface area (Å²) < 4.78 is 43.9. The van der Waals surface area contributed by atoms with E-state index in [-0.39, 0.29) is 26.4 Å². The second-order valence-electron chi connectivity index (χ2n) is 7.98. The fraction of sp³-hybridized carbons (Fsp3) is 0.273. The van der Waals surface area contributed by atoms with Gasteiger partial charge in [-0.05, 0) is 65.7 Å². The third-order valence-corrected chi connectivity index (χ3v) is 6.61. The maximum atomic E-state index is 13.6. The van der Waals surface area contributed by atoms with Crippen molar-refractivity contribution in [2.45, 2.75) is 30.4 Å². The molecule has 176 valence electrons. The van der Waals surface area contributed by atoms with Crippen LogP contribution in [0.5, 0.6) is 5.75 Å². The van der Waals surface area contributed by atoms with Gasteiger partial charge in [-0.15, -0.1) is 0 Å². The van der Waals surface area contributed by atoms with E-state index in [1.54, 1.807) is 0 Å². The summed E-state index contributed by atoms with van der Waals surface area (Å²) in [6.07, 6.45) is 1.12. The number of hydrogen-bond donors (Lipinski definition) is 2. The lowest BCUT2D eigenvalue weighted by Crippen LogP contribution is -2.40. The molecule has 0 fully saturated rings. The maximum absolute atomic E-state index is 13.6. The Kier molecular flexibility index (Phi) is 7.08. The highest BCUT2D eigenvalue weighted by atomic mass is 79.9. The minimum absolute atomic E-state index is 0.101. The van der Waals surface area contributed by atoms with Crippen molar-refractivity contribution in [2.75, 3.05) is 12.9 Å². The van der Waals surface area contributed by atoms with Crippen LogP contribution in [0.2, 0.25) is 0 Å². The summed E-state index contributed by atoms with van der Waals surface area (Å²) in [4.78, 5) is 13.4. The third-order valence-electron chi connectivity index (χ3n) is 4.88. The largest absolute Gasteiger partial charge is 0.484 e.